The number of benzene rings is 1. The average molecular weight is 394 g/mol. The summed E-state index contributed by atoms with van der Waals surface area (Å²) in [5, 5.41) is 8.25. The molecular formula is C17H22N4O5S. The maximum absolute atomic E-state index is 12.7. The first kappa shape index (κ1) is 20.6. The largest absolute Gasteiger partial charge is 0.360 e. The van der Waals surface area contributed by atoms with E-state index in [9.17, 15) is 18.0 Å². The van der Waals surface area contributed by atoms with Crippen molar-refractivity contribution >= 4 is 33.3 Å². The molecule has 2 aromatic rings. The zero-order valence-corrected chi connectivity index (χ0v) is 16.4. The van der Waals surface area contributed by atoms with Gasteiger partial charge in [-0.1, -0.05) is 25.1 Å². The van der Waals surface area contributed by atoms with Crippen molar-refractivity contribution in [2.45, 2.75) is 32.6 Å². The Hall–Kier alpha value is -2.72. The minimum atomic E-state index is -3.70. The highest BCUT2D eigenvalue weighted by Crippen LogP contribution is 2.23. The van der Waals surface area contributed by atoms with Crippen LogP contribution in [0.4, 0.5) is 11.5 Å². The quantitative estimate of drug-likeness (QED) is 0.722. The Morgan fingerprint density at radius 3 is 2.26 bits per heavy atom. The van der Waals surface area contributed by atoms with E-state index in [1.807, 2.05) is 0 Å². The van der Waals surface area contributed by atoms with Crippen molar-refractivity contribution in [3.05, 3.63) is 35.6 Å². The third kappa shape index (κ3) is 4.72. The van der Waals surface area contributed by atoms with E-state index in [1.165, 1.54) is 22.5 Å². The molecule has 0 atom stereocenters. The molecule has 0 saturated heterocycles. The molecule has 0 bridgehead atoms. The van der Waals surface area contributed by atoms with E-state index in [2.05, 4.69) is 15.8 Å². The molecule has 1 aromatic carbocycles. The Bertz CT molecular complexity index is 948. The number of nitrogens with zero attached hydrogens (tertiary/aromatic N) is 2. The highest BCUT2D eigenvalue weighted by molar-refractivity contribution is 7.89. The molecule has 0 unspecified atom stereocenters. The summed E-state index contributed by atoms with van der Waals surface area (Å²) in [6, 6.07) is 5.91. The number of hydrogen-bond acceptors (Lipinski definition) is 6. The van der Waals surface area contributed by atoms with Gasteiger partial charge in [0.1, 0.15) is 5.76 Å². The minimum Gasteiger partial charge on any atom is -0.360 e. The van der Waals surface area contributed by atoms with Crippen LogP contribution in [0.25, 0.3) is 0 Å². The molecule has 0 radical (unpaired) electrons. The van der Waals surface area contributed by atoms with Gasteiger partial charge >= 0.3 is 11.8 Å². The van der Waals surface area contributed by atoms with Gasteiger partial charge in [-0.25, -0.2) is 8.42 Å². The lowest BCUT2D eigenvalue weighted by Crippen LogP contribution is -2.31. The fourth-order valence-electron chi connectivity index (χ4n) is 2.44. The van der Waals surface area contributed by atoms with Gasteiger partial charge < -0.3 is 9.84 Å². The monoisotopic (exact) mass is 394 g/mol. The van der Waals surface area contributed by atoms with Crippen LogP contribution in [0.5, 0.6) is 0 Å². The second kappa shape index (κ2) is 8.31. The van der Waals surface area contributed by atoms with Crippen LogP contribution in [0.3, 0.4) is 0 Å². The van der Waals surface area contributed by atoms with Crippen LogP contribution in [0.15, 0.2) is 33.7 Å². The van der Waals surface area contributed by atoms with E-state index >= 15 is 0 Å². The summed E-state index contributed by atoms with van der Waals surface area (Å²) < 4.78 is 31.6. The van der Waals surface area contributed by atoms with E-state index in [4.69, 9.17) is 4.52 Å². The van der Waals surface area contributed by atoms with Crippen molar-refractivity contribution in [3.63, 3.8) is 0 Å². The number of nitrogens with one attached hydrogen (secondary N) is 2. The number of hydrogen-bond donors (Lipinski definition) is 2. The van der Waals surface area contributed by atoms with Gasteiger partial charge in [-0.2, -0.15) is 4.31 Å². The molecule has 9 nitrogen and oxygen atoms in total. The van der Waals surface area contributed by atoms with Gasteiger partial charge in [-0.3, -0.25) is 14.9 Å². The molecule has 1 heterocycles. The van der Waals surface area contributed by atoms with Crippen molar-refractivity contribution in [2.24, 2.45) is 0 Å². The smallest absolute Gasteiger partial charge is 0.315 e. The van der Waals surface area contributed by atoms with E-state index in [1.54, 1.807) is 33.8 Å². The summed E-state index contributed by atoms with van der Waals surface area (Å²) in [7, 11) is -3.70. The predicted octanol–water partition coefficient (Wildman–Crippen LogP) is 1.90. The molecule has 2 N–H and O–H groups in total. The SMILES string of the molecule is CCN(CC)S(=O)(=O)c1cc(NC(=O)C(=O)Nc2cc(C)on2)ccc1C. The van der Waals surface area contributed by atoms with Crippen LogP contribution in [0.2, 0.25) is 0 Å². The fourth-order valence-corrected chi connectivity index (χ4v) is 4.15. The summed E-state index contributed by atoms with van der Waals surface area (Å²) >= 11 is 0. The topological polar surface area (TPSA) is 122 Å². The molecule has 27 heavy (non-hydrogen) atoms. The van der Waals surface area contributed by atoms with E-state index in [0.29, 0.717) is 24.4 Å². The number of amides is 2. The highest BCUT2D eigenvalue weighted by atomic mass is 32.2. The van der Waals surface area contributed by atoms with Gasteiger partial charge in [0.25, 0.3) is 0 Å². The normalized spacial score (nSPS) is 11.4. The molecule has 146 valence electrons. The van der Waals surface area contributed by atoms with Crippen LogP contribution in [-0.2, 0) is 19.6 Å². The summed E-state index contributed by atoms with van der Waals surface area (Å²) in [5.41, 5.74) is 0.741. The summed E-state index contributed by atoms with van der Waals surface area (Å²) in [5.74, 6) is -1.31. The van der Waals surface area contributed by atoms with Gasteiger partial charge in [-0.05, 0) is 31.5 Å². The third-order valence-corrected chi connectivity index (χ3v) is 6.04. The van der Waals surface area contributed by atoms with E-state index in [0.717, 1.165) is 0 Å². The molecule has 0 aliphatic rings. The number of carbonyl (C=O) groups excluding carboxylic acids is 2. The van der Waals surface area contributed by atoms with Crippen molar-refractivity contribution < 1.29 is 22.5 Å². The second-order valence-corrected chi connectivity index (χ2v) is 7.71. The maximum Gasteiger partial charge on any atom is 0.315 e. The highest BCUT2D eigenvalue weighted by Gasteiger charge is 2.24. The fraction of sp³-hybridized carbons (Fsp3) is 0.353. The molecule has 0 aliphatic heterocycles. The van der Waals surface area contributed by atoms with Gasteiger partial charge in [0, 0.05) is 24.8 Å². The van der Waals surface area contributed by atoms with Crippen LogP contribution >= 0.6 is 0 Å². The van der Waals surface area contributed by atoms with Crippen molar-refractivity contribution in [2.75, 3.05) is 23.7 Å². The summed E-state index contributed by atoms with van der Waals surface area (Å²) in [6.45, 7) is 7.47. The van der Waals surface area contributed by atoms with Gasteiger partial charge in [0.05, 0.1) is 4.90 Å². The van der Waals surface area contributed by atoms with E-state index < -0.39 is 21.8 Å². The number of aromatic nitrogens is 1. The van der Waals surface area contributed by atoms with Crippen molar-refractivity contribution in [1.29, 1.82) is 0 Å². The molecule has 2 amide bonds. The molecule has 2 rings (SSSR count). The Labute approximate surface area is 157 Å². The number of sulfonamides is 1. The number of anilines is 2. The van der Waals surface area contributed by atoms with Gasteiger partial charge in [0.2, 0.25) is 10.0 Å². The molecule has 0 saturated carbocycles. The standard InChI is InChI=1S/C17H22N4O5S/c1-5-21(6-2)27(24,25)14-10-13(8-7-11(14)3)18-16(22)17(23)19-15-9-12(4)26-20-15/h7-10H,5-6H2,1-4H3,(H,18,22)(H,19,20,23). The first-order valence-electron chi connectivity index (χ1n) is 8.35. The Morgan fingerprint density at radius 2 is 1.70 bits per heavy atom. The van der Waals surface area contributed by atoms with Gasteiger partial charge in [0.15, 0.2) is 5.82 Å². The zero-order valence-electron chi connectivity index (χ0n) is 15.6. The zero-order chi connectivity index (χ0) is 20.2. The summed E-state index contributed by atoms with van der Waals surface area (Å²) in [4.78, 5) is 24.1. The predicted molar refractivity (Wildman–Crippen MR) is 99.8 cm³/mol. The van der Waals surface area contributed by atoms with Gasteiger partial charge in [-0.15, -0.1) is 0 Å². The lowest BCUT2D eigenvalue weighted by molar-refractivity contribution is -0.133. The number of aryl methyl sites for hydroxylation is 2. The molecular weight excluding hydrogens is 372 g/mol. The minimum absolute atomic E-state index is 0.0801. The van der Waals surface area contributed by atoms with Crippen molar-refractivity contribution in [3.8, 4) is 0 Å². The number of rotatable bonds is 6. The maximum atomic E-state index is 12.7. The first-order valence-corrected chi connectivity index (χ1v) is 9.79. The van der Waals surface area contributed by atoms with Crippen LogP contribution in [0, 0.1) is 13.8 Å². The molecule has 0 aliphatic carbocycles. The van der Waals surface area contributed by atoms with Crippen LogP contribution in [0.1, 0.15) is 25.2 Å². The molecule has 10 heteroatoms. The second-order valence-electron chi connectivity index (χ2n) is 5.80. The van der Waals surface area contributed by atoms with E-state index in [-0.39, 0.29) is 16.4 Å². The molecule has 0 spiro atoms. The third-order valence-electron chi connectivity index (χ3n) is 3.85. The average Bonchev–Trinajstić information content (AvgIpc) is 3.02. The Morgan fingerprint density at radius 1 is 1.07 bits per heavy atom. The number of carbonyl (C=O) groups is 2. The molecule has 0 fully saturated rings. The molecule has 1 aromatic heterocycles. The van der Waals surface area contributed by atoms with Crippen LogP contribution in [-0.4, -0.2) is 42.8 Å². The van der Waals surface area contributed by atoms with Crippen molar-refractivity contribution in [1.82, 2.24) is 9.46 Å². The lowest BCUT2D eigenvalue weighted by atomic mass is 10.2. The Balaban J connectivity index is 2.20. The lowest BCUT2D eigenvalue weighted by Gasteiger charge is -2.20. The van der Waals surface area contributed by atoms with Crippen LogP contribution < -0.4 is 10.6 Å². The summed E-state index contributed by atoms with van der Waals surface area (Å²) in [6.07, 6.45) is 0. The first-order chi connectivity index (χ1) is 12.7. The Kier molecular flexibility index (Phi) is 6.34.